The summed E-state index contributed by atoms with van der Waals surface area (Å²) in [7, 11) is 4.03. The third-order valence-corrected chi connectivity index (χ3v) is 3.33. The molecule has 0 aliphatic carbocycles. The first kappa shape index (κ1) is 16.7. The fraction of sp³-hybridized carbons (Fsp3) is 0.562. The Kier molecular flexibility index (Phi) is 6.68. The Morgan fingerprint density at radius 3 is 2.30 bits per heavy atom. The lowest BCUT2D eigenvalue weighted by atomic mass is 10.0. The number of nitrogens with one attached hydrogen (secondary N) is 1. The minimum absolute atomic E-state index is 0.00940. The summed E-state index contributed by atoms with van der Waals surface area (Å²) in [6.45, 7) is 5.72. The summed E-state index contributed by atoms with van der Waals surface area (Å²) in [6.07, 6.45) is 0.844. The highest BCUT2D eigenvalue weighted by atomic mass is 16.1. The normalized spacial score (nSPS) is 12.8. The highest BCUT2D eigenvalue weighted by molar-refractivity contribution is 5.94. The molecule has 112 valence electrons. The van der Waals surface area contributed by atoms with Crippen LogP contribution in [0.3, 0.4) is 0 Å². The van der Waals surface area contributed by atoms with Crippen LogP contribution in [-0.2, 0) is 6.42 Å². The van der Waals surface area contributed by atoms with Crippen molar-refractivity contribution < 1.29 is 4.79 Å². The van der Waals surface area contributed by atoms with Crippen molar-refractivity contribution in [3.8, 4) is 0 Å². The maximum absolute atomic E-state index is 12.3. The molecule has 0 aliphatic heterocycles. The van der Waals surface area contributed by atoms with E-state index in [1.165, 1.54) is 0 Å². The standard InChI is InChI=1S/C16H27N3O/c1-12(2)15(11-19(3)4)18-16(20)14-7-5-13(6-8-14)9-10-17/h5-8,12,15H,9-11,17H2,1-4H3,(H,18,20). The summed E-state index contributed by atoms with van der Waals surface area (Å²) in [6, 6.07) is 7.83. The largest absolute Gasteiger partial charge is 0.348 e. The van der Waals surface area contributed by atoms with Gasteiger partial charge in [-0.1, -0.05) is 26.0 Å². The van der Waals surface area contributed by atoms with Crippen molar-refractivity contribution in [1.82, 2.24) is 10.2 Å². The first-order valence-corrected chi connectivity index (χ1v) is 7.18. The Hall–Kier alpha value is -1.39. The monoisotopic (exact) mass is 277 g/mol. The molecule has 0 bridgehead atoms. The van der Waals surface area contributed by atoms with E-state index in [1.54, 1.807) is 0 Å². The molecule has 1 aromatic rings. The number of rotatable bonds is 7. The number of carbonyl (C=O) groups excluding carboxylic acids is 1. The topological polar surface area (TPSA) is 58.4 Å². The molecule has 0 saturated carbocycles. The number of benzene rings is 1. The van der Waals surface area contributed by atoms with E-state index in [-0.39, 0.29) is 11.9 Å². The molecule has 1 atom stereocenters. The summed E-state index contributed by atoms with van der Waals surface area (Å²) in [5.41, 5.74) is 7.39. The zero-order valence-electron chi connectivity index (χ0n) is 13.0. The van der Waals surface area contributed by atoms with E-state index < -0.39 is 0 Å². The van der Waals surface area contributed by atoms with Crippen LogP contribution in [0.25, 0.3) is 0 Å². The molecular formula is C16H27N3O. The fourth-order valence-corrected chi connectivity index (χ4v) is 2.06. The van der Waals surface area contributed by atoms with Gasteiger partial charge in [0.1, 0.15) is 0 Å². The SMILES string of the molecule is CC(C)C(CN(C)C)NC(=O)c1ccc(CCN)cc1. The van der Waals surface area contributed by atoms with E-state index in [2.05, 4.69) is 24.1 Å². The first-order valence-electron chi connectivity index (χ1n) is 7.18. The van der Waals surface area contributed by atoms with Gasteiger partial charge in [-0.2, -0.15) is 0 Å². The van der Waals surface area contributed by atoms with Gasteiger partial charge in [0, 0.05) is 18.2 Å². The summed E-state index contributed by atoms with van der Waals surface area (Å²) in [5, 5.41) is 3.11. The molecule has 0 spiro atoms. The van der Waals surface area contributed by atoms with Crippen LogP contribution in [0.1, 0.15) is 29.8 Å². The van der Waals surface area contributed by atoms with Gasteiger partial charge in [-0.15, -0.1) is 0 Å². The predicted octanol–water partition coefficient (Wildman–Crippen LogP) is 1.50. The smallest absolute Gasteiger partial charge is 0.251 e. The van der Waals surface area contributed by atoms with Gasteiger partial charge in [0.2, 0.25) is 0 Å². The summed E-state index contributed by atoms with van der Waals surface area (Å²) < 4.78 is 0. The molecule has 0 fully saturated rings. The van der Waals surface area contributed by atoms with Crippen molar-refractivity contribution in [1.29, 1.82) is 0 Å². The molecule has 0 aromatic heterocycles. The minimum Gasteiger partial charge on any atom is -0.348 e. The molecule has 0 aliphatic rings. The maximum atomic E-state index is 12.3. The average Bonchev–Trinajstić information content (AvgIpc) is 2.38. The van der Waals surface area contributed by atoms with Crippen molar-refractivity contribution in [2.45, 2.75) is 26.3 Å². The Morgan fingerprint density at radius 2 is 1.85 bits per heavy atom. The van der Waals surface area contributed by atoms with Gasteiger partial charge in [0.25, 0.3) is 5.91 Å². The lowest BCUT2D eigenvalue weighted by Gasteiger charge is -2.25. The van der Waals surface area contributed by atoms with Crippen molar-refractivity contribution >= 4 is 5.91 Å². The molecule has 0 saturated heterocycles. The van der Waals surface area contributed by atoms with Gasteiger partial charge in [0.05, 0.1) is 0 Å². The average molecular weight is 277 g/mol. The molecule has 0 heterocycles. The second-order valence-corrected chi connectivity index (χ2v) is 5.82. The number of carbonyl (C=O) groups is 1. The fourth-order valence-electron chi connectivity index (χ4n) is 2.06. The van der Waals surface area contributed by atoms with E-state index in [0.717, 1.165) is 18.5 Å². The van der Waals surface area contributed by atoms with Gasteiger partial charge < -0.3 is 16.0 Å². The van der Waals surface area contributed by atoms with E-state index in [4.69, 9.17) is 5.73 Å². The molecular weight excluding hydrogens is 250 g/mol. The van der Waals surface area contributed by atoms with E-state index in [0.29, 0.717) is 18.0 Å². The van der Waals surface area contributed by atoms with Crippen molar-refractivity contribution in [3.63, 3.8) is 0 Å². The zero-order chi connectivity index (χ0) is 15.1. The van der Waals surface area contributed by atoms with E-state index >= 15 is 0 Å². The Bertz CT molecular complexity index is 412. The van der Waals surface area contributed by atoms with E-state index in [9.17, 15) is 4.79 Å². The second kappa shape index (κ2) is 8.02. The van der Waals surface area contributed by atoms with Crippen LogP contribution in [0.15, 0.2) is 24.3 Å². The van der Waals surface area contributed by atoms with E-state index in [1.807, 2.05) is 38.4 Å². The van der Waals surface area contributed by atoms with Crippen LogP contribution >= 0.6 is 0 Å². The van der Waals surface area contributed by atoms with Crippen LogP contribution in [0.5, 0.6) is 0 Å². The lowest BCUT2D eigenvalue weighted by Crippen LogP contribution is -2.45. The Labute approximate surface area is 122 Å². The Balaban J connectivity index is 2.68. The third-order valence-electron chi connectivity index (χ3n) is 3.33. The van der Waals surface area contributed by atoms with Crippen molar-refractivity contribution in [3.05, 3.63) is 35.4 Å². The number of hydrogen-bond acceptors (Lipinski definition) is 3. The summed E-state index contributed by atoms with van der Waals surface area (Å²) in [5.74, 6) is 0.391. The number of nitrogens with zero attached hydrogens (tertiary/aromatic N) is 1. The number of hydrogen-bond donors (Lipinski definition) is 2. The highest BCUT2D eigenvalue weighted by Gasteiger charge is 2.17. The van der Waals surface area contributed by atoms with Gasteiger partial charge in [-0.3, -0.25) is 4.79 Å². The summed E-state index contributed by atoms with van der Waals surface area (Å²) in [4.78, 5) is 14.3. The number of amides is 1. The van der Waals surface area contributed by atoms with Gasteiger partial charge in [-0.25, -0.2) is 0 Å². The quantitative estimate of drug-likeness (QED) is 0.794. The molecule has 3 N–H and O–H groups in total. The Morgan fingerprint density at radius 1 is 1.25 bits per heavy atom. The molecule has 0 radical (unpaired) electrons. The molecule has 20 heavy (non-hydrogen) atoms. The van der Waals surface area contributed by atoms with Crippen LogP contribution in [0.2, 0.25) is 0 Å². The van der Waals surface area contributed by atoms with Crippen LogP contribution in [0, 0.1) is 5.92 Å². The van der Waals surface area contributed by atoms with Crippen LogP contribution < -0.4 is 11.1 Å². The third kappa shape index (κ3) is 5.31. The molecule has 4 heteroatoms. The van der Waals surface area contributed by atoms with Crippen LogP contribution in [-0.4, -0.2) is 44.0 Å². The number of nitrogens with two attached hydrogens (primary N) is 1. The minimum atomic E-state index is -0.00940. The highest BCUT2D eigenvalue weighted by Crippen LogP contribution is 2.08. The van der Waals surface area contributed by atoms with Gasteiger partial charge in [-0.05, 0) is 50.7 Å². The van der Waals surface area contributed by atoms with Crippen LogP contribution in [0.4, 0.5) is 0 Å². The molecule has 1 aromatic carbocycles. The summed E-state index contributed by atoms with van der Waals surface area (Å²) >= 11 is 0. The van der Waals surface area contributed by atoms with Crippen molar-refractivity contribution in [2.75, 3.05) is 27.2 Å². The second-order valence-electron chi connectivity index (χ2n) is 5.82. The molecule has 1 rings (SSSR count). The number of likely N-dealkylation sites (N-methyl/N-ethyl adjacent to an activating group) is 1. The lowest BCUT2D eigenvalue weighted by molar-refractivity contribution is 0.0916. The zero-order valence-corrected chi connectivity index (χ0v) is 13.0. The first-order chi connectivity index (χ1) is 9.43. The van der Waals surface area contributed by atoms with Gasteiger partial charge in [0.15, 0.2) is 0 Å². The molecule has 1 amide bonds. The van der Waals surface area contributed by atoms with Gasteiger partial charge >= 0.3 is 0 Å². The molecule has 4 nitrogen and oxygen atoms in total. The maximum Gasteiger partial charge on any atom is 0.251 e. The molecule has 1 unspecified atom stereocenters. The van der Waals surface area contributed by atoms with Crippen molar-refractivity contribution in [2.24, 2.45) is 11.7 Å². The predicted molar refractivity (Wildman–Crippen MR) is 83.8 cm³/mol.